The summed E-state index contributed by atoms with van der Waals surface area (Å²) in [4.78, 5) is 21.3. The number of carbonyl (C=O) groups is 1. The summed E-state index contributed by atoms with van der Waals surface area (Å²) < 4.78 is 0. The molecule has 1 aliphatic rings. The second-order valence-electron chi connectivity index (χ2n) is 8.10. The molecule has 1 amide bonds. The van der Waals surface area contributed by atoms with Gasteiger partial charge in [0, 0.05) is 32.1 Å². The maximum Gasteiger partial charge on any atom is 0.222 e. The van der Waals surface area contributed by atoms with E-state index in [9.17, 15) is 4.79 Å². The molecule has 1 aliphatic heterocycles. The first-order valence-electron chi connectivity index (χ1n) is 11.7. The Morgan fingerprint density at radius 3 is 2.57 bits per heavy atom. The number of guanidine groups is 1. The fraction of sp³-hybridized carbons (Fsp3) is 0.667. The highest BCUT2D eigenvalue weighted by Crippen LogP contribution is 2.17. The lowest BCUT2D eigenvalue weighted by Crippen LogP contribution is -2.42. The van der Waals surface area contributed by atoms with Crippen LogP contribution in [0.3, 0.4) is 0 Å². The van der Waals surface area contributed by atoms with Crippen LogP contribution in [0.15, 0.2) is 29.3 Å². The summed E-state index contributed by atoms with van der Waals surface area (Å²) in [6.45, 7) is 15.1. The molecular weight excluding hydrogens is 374 g/mol. The third-order valence-electron chi connectivity index (χ3n) is 5.79. The third-order valence-corrected chi connectivity index (χ3v) is 5.79. The van der Waals surface area contributed by atoms with Gasteiger partial charge in [-0.05, 0) is 63.9 Å². The van der Waals surface area contributed by atoms with Crippen LogP contribution in [0.2, 0.25) is 0 Å². The van der Waals surface area contributed by atoms with Crippen molar-refractivity contribution in [3.05, 3.63) is 35.4 Å². The SMILES string of the molecule is CCNC(=NCc1ccccc1CN1CCCC1=O)NC(C)CCCN(CC)CC. The molecule has 2 rings (SSSR count). The Labute approximate surface area is 183 Å². The second-order valence-corrected chi connectivity index (χ2v) is 8.10. The highest BCUT2D eigenvalue weighted by molar-refractivity contribution is 5.80. The molecule has 1 fully saturated rings. The van der Waals surface area contributed by atoms with Crippen LogP contribution in [0, 0.1) is 0 Å². The van der Waals surface area contributed by atoms with Crippen LogP contribution in [0.1, 0.15) is 64.5 Å². The fourth-order valence-electron chi connectivity index (χ4n) is 3.89. The monoisotopic (exact) mass is 415 g/mol. The first kappa shape index (κ1) is 24.2. The van der Waals surface area contributed by atoms with Crippen LogP contribution in [0.5, 0.6) is 0 Å². The normalized spacial score (nSPS) is 15.7. The predicted molar refractivity (Wildman–Crippen MR) is 126 cm³/mol. The topological polar surface area (TPSA) is 60.0 Å². The lowest BCUT2D eigenvalue weighted by Gasteiger charge is -2.21. The van der Waals surface area contributed by atoms with Gasteiger partial charge in [-0.15, -0.1) is 0 Å². The maximum absolute atomic E-state index is 12.0. The van der Waals surface area contributed by atoms with E-state index >= 15 is 0 Å². The smallest absolute Gasteiger partial charge is 0.222 e. The van der Waals surface area contributed by atoms with Crippen molar-refractivity contribution in [3.63, 3.8) is 0 Å². The molecule has 1 aromatic carbocycles. The largest absolute Gasteiger partial charge is 0.357 e. The van der Waals surface area contributed by atoms with Crippen molar-refractivity contribution in [1.29, 1.82) is 0 Å². The molecule has 168 valence electrons. The molecule has 0 bridgehead atoms. The number of aliphatic imine (C=N–C) groups is 1. The van der Waals surface area contributed by atoms with E-state index in [0.717, 1.165) is 51.5 Å². The Morgan fingerprint density at radius 2 is 1.93 bits per heavy atom. The van der Waals surface area contributed by atoms with Gasteiger partial charge in [0.2, 0.25) is 5.91 Å². The summed E-state index contributed by atoms with van der Waals surface area (Å²) in [6, 6.07) is 8.71. The van der Waals surface area contributed by atoms with Crippen LogP contribution in [-0.2, 0) is 17.9 Å². The van der Waals surface area contributed by atoms with E-state index in [4.69, 9.17) is 4.99 Å². The number of nitrogens with zero attached hydrogens (tertiary/aromatic N) is 3. The molecule has 0 spiro atoms. The fourth-order valence-corrected chi connectivity index (χ4v) is 3.89. The standard InChI is InChI=1S/C24H41N5O/c1-5-25-24(27-20(4)12-10-16-28(6-2)7-3)26-18-21-13-8-9-14-22(21)19-29-17-11-15-23(29)30/h8-9,13-14,20H,5-7,10-12,15-19H2,1-4H3,(H2,25,26,27). The molecular formula is C24H41N5O. The Morgan fingerprint density at radius 1 is 1.20 bits per heavy atom. The minimum atomic E-state index is 0.266. The number of hydrogen-bond acceptors (Lipinski definition) is 3. The summed E-state index contributed by atoms with van der Waals surface area (Å²) in [5.74, 6) is 1.13. The minimum absolute atomic E-state index is 0.266. The molecule has 30 heavy (non-hydrogen) atoms. The van der Waals surface area contributed by atoms with Gasteiger partial charge in [-0.25, -0.2) is 4.99 Å². The highest BCUT2D eigenvalue weighted by atomic mass is 16.2. The Hall–Kier alpha value is -2.08. The molecule has 2 N–H and O–H groups in total. The Bertz CT molecular complexity index is 671. The summed E-state index contributed by atoms with van der Waals surface area (Å²) >= 11 is 0. The molecule has 1 unspecified atom stereocenters. The van der Waals surface area contributed by atoms with Gasteiger partial charge in [0.05, 0.1) is 6.54 Å². The van der Waals surface area contributed by atoms with Crippen molar-refractivity contribution in [2.45, 2.75) is 72.5 Å². The lowest BCUT2D eigenvalue weighted by molar-refractivity contribution is -0.128. The van der Waals surface area contributed by atoms with Gasteiger partial charge >= 0.3 is 0 Å². The maximum atomic E-state index is 12.0. The van der Waals surface area contributed by atoms with Crippen LogP contribution in [-0.4, -0.2) is 60.4 Å². The van der Waals surface area contributed by atoms with E-state index in [2.05, 4.69) is 61.4 Å². The lowest BCUT2D eigenvalue weighted by atomic mass is 10.1. The minimum Gasteiger partial charge on any atom is -0.357 e. The van der Waals surface area contributed by atoms with Crippen LogP contribution in [0.4, 0.5) is 0 Å². The van der Waals surface area contributed by atoms with E-state index in [1.807, 2.05) is 11.0 Å². The number of rotatable bonds is 12. The molecule has 1 heterocycles. The van der Waals surface area contributed by atoms with Crippen LogP contribution in [0.25, 0.3) is 0 Å². The zero-order valence-electron chi connectivity index (χ0n) is 19.4. The van der Waals surface area contributed by atoms with E-state index in [1.54, 1.807) is 0 Å². The van der Waals surface area contributed by atoms with E-state index in [-0.39, 0.29) is 5.91 Å². The first-order valence-corrected chi connectivity index (χ1v) is 11.7. The molecule has 0 aromatic heterocycles. The Kier molecular flexibility index (Phi) is 10.7. The molecule has 0 aliphatic carbocycles. The average molecular weight is 416 g/mol. The molecule has 6 nitrogen and oxygen atoms in total. The van der Waals surface area contributed by atoms with Crippen molar-refractivity contribution in [3.8, 4) is 0 Å². The van der Waals surface area contributed by atoms with Gasteiger partial charge < -0.3 is 20.4 Å². The molecule has 1 saturated heterocycles. The zero-order chi connectivity index (χ0) is 21.8. The number of hydrogen-bond donors (Lipinski definition) is 2. The number of carbonyl (C=O) groups excluding carboxylic acids is 1. The summed E-state index contributed by atoms with van der Waals surface area (Å²) in [6.07, 6.45) is 3.96. The third kappa shape index (κ3) is 7.98. The van der Waals surface area contributed by atoms with Crippen molar-refractivity contribution in [2.24, 2.45) is 4.99 Å². The van der Waals surface area contributed by atoms with E-state index in [0.29, 0.717) is 25.6 Å². The number of nitrogens with one attached hydrogen (secondary N) is 2. The molecule has 6 heteroatoms. The van der Waals surface area contributed by atoms with Gasteiger partial charge in [0.15, 0.2) is 5.96 Å². The van der Waals surface area contributed by atoms with Crippen LogP contribution < -0.4 is 10.6 Å². The van der Waals surface area contributed by atoms with Gasteiger partial charge in [-0.1, -0.05) is 38.1 Å². The number of amides is 1. The van der Waals surface area contributed by atoms with Crippen molar-refractivity contribution < 1.29 is 4.79 Å². The second kappa shape index (κ2) is 13.3. The summed E-state index contributed by atoms with van der Waals surface area (Å²) in [5.41, 5.74) is 2.38. The van der Waals surface area contributed by atoms with Crippen molar-refractivity contribution in [2.75, 3.05) is 32.7 Å². The van der Waals surface area contributed by atoms with Gasteiger partial charge in [-0.2, -0.15) is 0 Å². The van der Waals surface area contributed by atoms with Gasteiger partial charge in [0.1, 0.15) is 0 Å². The molecule has 0 radical (unpaired) electrons. The average Bonchev–Trinajstić information content (AvgIpc) is 3.15. The van der Waals surface area contributed by atoms with Crippen molar-refractivity contribution in [1.82, 2.24) is 20.4 Å². The quantitative estimate of drug-likeness (QED) is 0.406. The molecule has 0 saturated carbocycles. The predicted octanol–water partition coefficient (Wildman–Crippen LogP) is 3.37. The first-order chi connectivity index (χ1) is 14.6. The Balaban J connectivity index is 1.93. The van der Waals surface area contributed by atoms with E-state index in [1.165, 1.54) is 17.5 Å². The van der Waals surface area contributed by atoms with Crippen LogP contribution >= 0.6 is 0 Å². The van der Waals surface area contributed by atoms with Crippen molar-refractivity contribution >= 4 is 11.9 Å². The van der Waals surface area contributed by atoms with Gasteiger partial charge in [0.25, 0.3) is 0 Å². The highest BCUT2D eigenvalue weighted by Gasteiger charge is 2.20. The molecule has 1 aromatic rings. The summed E-state index contributed by atoms with van der Waals surface area (Å²) in [7, 11) is 0. The molecule has 1 atom stereocenters. The van der Waals surface area contributed by atoms with Gasteiger partial charge in [-0.3, -0.25) is 4.79 Å². The summed E-state index contributed by atoms with van der Waals surface area (Å²) in [5, 5.41) is 6.92. The number of likely N-dealkylation sites (tertiary alicyclic amines) is 1. The zero-order valence-corrected chi connectivity index (χ0v) is 19.4. The number of benzene rings is 1. The van der Waals surface area contributed by atoms with E-state index < -0.39 is 0 Å².